The zero-order chi connectivity index (χ0) is 14.1. The van der Waals surface area contributed by atoms with Crippen LogP contribution in [0.4, 0.5) is 0 Å². The van der Waals surface area contributed by atoms with Crippen molar-refractivity contribution in [2.75, 3.05) is 0 Å². The van der Waals surface area contributed by atoms with Crippen molar-refractivity contribution in [2.24, 2.45) is 17.3 Å². The number of carboxylic acid groups (broad SMARTS) is 1. The summed E-state index contributed by atoms with van der Waals surface area (Å²) in [5.74, 6) is -1.98. The van der Waals surface area contributed by atoms with Crippen molar-refractivity contribution in [3.05, 3.63) is 35.9 Å². The molecule has 0 aromatic heterocycles. The minimum absolute atomic E-state index is 0.0810. The van der Waals surface area contributed by atoms with Crippen molar-refractivity contribution in [1.82, 2.24) is 4.90 Å². The van der Waals surface area contributed by atoms with E-state index >= 15 is 0 Å². The molecule has 2 saturated heterocycles. The van der Waals surface area contributed by atoms with Crippen molar-refractivity contribution >= 4 is 11.9 Å². The number of piperidine rings is 1. The summed E-state index contributed by atoms with van der Waals surface area (Å²) in [4.78, 5) is 25.5. The highest BCUT2D eigenvalue weighted by atomic mass is 16.6. The van der Waals surface area contributed by atoms with Gasteiger partial charge in [-0.3, -0.25) is 9.59 Å². The fourth-order valence-electron chi connectivity index (χ4n) is 3.75. The Balaban J connectivity index is 1.60. The number of likely N-dealkylation sites (tertiary alicyclic amines) is 1. The third-order valence-electron chi connectivity index (χ3n) is 4.96. The predicted molar refractivity (Wildman–Crippen MR) is 68.4 cm³/mol. The fourth-order valence-corrected chi connectivity index (χ4v) is 3.75. The second-order valence-electron chi connectivity index (χ2n) is 6.06. The lowest BCUT2D eigenvalue weighted by molar-refractivity contribution is -0.143. The van der Waals surface area contributed by atoms with E-state index < -0.39 is 23.2 Å². The molecule has 20 heavy (non-hydrogen) atoms. The smallest absolute Gasteiger partial charge is 0.308 e. The first-order valence-electron chi connectivity index (χ1n) is 6.78. The van der Waals surface area contributed by atoms with Gasteiger partial charge in [-0.15, -0.1) is 0 Å². The van der Waals surface area contributed by atoms with Gasteiger partial charge in [-0.05, 0) is 5.56 Å². The van der Waals surface area contributed by atoms with Crippen LogP contribution in [0, 0.1) is 17.3 Å². The summed E-state index contributed by atoms with van der Waals surface area (Å²) in [5, 5.41) is 9.25. The van der Waals surface area contributed by atoms with Gasteiger partial charge >= 0.3 is 5.97 Å². The summed E-state index contributed by atoms with van der Waals surface area (Å²) < 4.78 is 5.61. The molecular formula is C15H15NO4. The Bertz CT molecular complexity index is 601. The molecule has 5 heteroatoms. The van der Waals surface area contributed by atoms with E-state index in [-0.39, 0.29) is 18.2 Å². The van der Waals surface area contributed by atoms with Crippen molar-refractivity contribution < 1.29 is 19.4 Å². The quantitative estimate of drug-likeness (QED) is 0.837. The Morgan fingerprint density at radius 2 is 2.10 bits per heavy atom. The highest BCUT2D eigenvalue weighted by Gasteiger charge is 2.82. The maximum absolute atomic E-state index is 12.5. The third kappa shape index (κ3) is 1.36. The first-order valence-corrected chi connectivity index (χ1v) is 6.78. The number of carbonyl (C=O) groups excluding carboxylic acids is 1. The van der Waals surface area contributed by atoms with Crippen LogP contribution >= 0.6 is 0 Å². The first kappa shape index (κ1) is 11.9. The number of hydrogen-bond acceptors (Lipinski definition) is 3. The molecule has 0 radical (unpaired) electrons. The number of ether oxygens (including phenoxy) is 1. The highest BCUT2D eigenvalue weighted by molar-refractivity contribution is 5.94. The van der Waals surface area contributed by atoms with Crippen LogP contribution in [0.5, 0.6) is 0 Å². The van der Waals surface area contributed by atoms with E-state index in [9.17, 15) is 14.7 Å². The standard InChI is InChI=1S/C15H15NO4/c1-15-9(10(15)14(18)19)12(17)16(13-11(15)20-13)7-8-5-3-2-4-6-8/h2-6,9-11,13H,7H2,1H3,(H,18,19). The Labute approximate surface area is 116 Å². The molecule has 1 N–H and O–H groups in total. The van der Waals surface area contributed by atoms with E-state index in [1.165, 1.54) is 0 Å². The molecule has 1 amide bonds. The first-order chi connectivity index (χ1) is 9.55. The number of nitrogens with zero attached hydrogens (tertiary/aromatic N) is 1. The average Bonchev–Trinajstić information content (AvgIpc) is 3.29. The Morgan fingerprint density at radius 1 is 1.40 bits per heavy atom. The average molecular weight is 273 g/mol. The molecule has 1 aromatic carbocycles. The van der Waals surface area contributed by atoms with Gasteiger partial charge < -0.3 is 14.7 Å². The molecule has 0 bridgehead atoms. The summed E-state index contributed by atoms with van der Waals surface area (Å²) in [6, 6.07) is 9.70. The number of benzene rings is 1. The van der Waals surface area contributed by atoms with Gasteiger partial charge in [0.1, 0.15) is 6.10 Å². The number of amides is 1. The number of rotatable bonds is 3. The minimum atomic E-state index is -0.887. The predicted octanol–water partition coefficient (Wildman–Crippen LogP) is 1.09. The zero-order valence-electron chi connectivity index (χ0n) is 11.0. The molecular weight excluding hydrogens is 258 g/mol. The summed E-state index contributed by atoms with van der Waals surface area (Å²) in [6.07, 6.45) is -0.358. The van der Waals surface area contributed by atoms with Gasteiger partial charge in [0.2, 0.25) is 5.91 Å². The lowest BCUT2D eigenvalue weighted by Crippen LogP contribution is -2.41. The van der Waals surface area contributed by atoms with Gasteiger partial charge in [-0.2, -0.15) is 0 Å². The molecule has 5 unspecified atom stereocenters. The van der Waals surface area contributed by atoms with Gasteiger partial charge in [0.05, 0.1) is 11.8 Å². The SMILES string of the molecule is CC12C3OC3N(Cc3ccccc3)C(=O)C1C2C(=O)O. The van der Waals surface area contributed by atoms with Crippen molar-refractivity contribution in [3.63, 3.8) is 0 Å². The summed E-state index contributed by atoms with van der Waals surface area (Å²) in [7, 11) is 0. The van der Waals surface area contributed by atoms with Crippen LogP contribution in [-0.4, -0.2) is 34.2 Å². The van der Waals surface area contributed by atoms with Crippen LogP contribution < -0.4 is 0 Å². The molecule has 3 fully saturated rings. The molecule has 5 nitrogen and oxygen atoms in total. The van der Waals surface area contributed by atoms with Crippen molar-refractivity contribution in [1.29, 1.82) is 0 Å². The Hall–Kier alpha value is -1.88. The Kier molecular flexibility index (Phi) is 2.15. The molecule has 4 rings (SSSR count). The molecule has 104 valence electrons. The fraction of sp³-hybridized carbons (Fsp3) is 0.467. The van der Waals surface area contributed by atoms with E-state index in [4.69, 9.17) is 4.74 Å². The van der Waals surface area contributed by atoms with E-state index in [2.05, 4.69) is 0 Å². The van der Waals surface area contributed by atoms with E-state index in [1.807, 2.05) is 37.3 Å². The molecule has 1 saturated carbocycles. The van der Waals surface area contributed by atoms with Gasteiger partial charge in [-0.25, -0.2) is 0 Å². The minimum Gasteiger partial charge on any atom is -0.481 e. The molecule has 1 aliphatic carbocycles. The van der Waals surface area contributed by atoms with E-state index in [0.29, 0.717) is 6.54 Å². The third-order valence-corrected chi connectivity index (χ3v) is 4.96. The molecule has 5 atom stereocenters. The Morgan fingerprint density at radius 3 is 2.75 bits per heavy atom. The summed E-state index contributed by atoms with van der Waals surface area (Å²) in [6.45, 7) is 2.35. The van der Waals surface area contributed by atoms with Gasteiger partial charge in [0, 0.05) is 12.0 Å². The van der Waals surface area contributed by atoms with Crippen LogP contribution in [0.25, 0.3) is 0 Å². The number of carbonyl (C=O) groups is 2. The number of fused-ring (bicyclic) bond motifs is 3. The second-order valence-corrected chi connectivity index (χ2v) is 6.06. The monoisotopic (exact) mass is 273 g/mol. The zero-order valence-corrected chi connectivity index (χ0v) is 11.0. The van der Waals surface area contributed by atoms with Crippen LogP contribution in [0.3, 0.4) is 0 Å². The van der Waals surface area contributed by atoms with Crippen molar-refractivity contribution in [3.8, 4) is 0 Å². The van der Waals surface area contributed by atoms with Gasteiger partial charge in [-0.1, -0.05) is 37.3 Å². The topological polar surface area (TPSA) is 70.1 Å². The molecule has 2 aliphatic heterocycles. The van der Waals surface area contributed by atoms with E-state index in [0.717, 1.165) is 5.56 Å². The maximum atomic E-state index is 12.5. The van der Waals surface area contributed by atoms with Gasteiger partial charge in [0.25, 0.3) is 0 Å². The highest BCUT2D eigenvalue weighted by Crippen LogP contribution is 2.70. The molecule has 1 aromatic rings. The van der Waals surface area contributed by atoms with Crippen LogP contribution in [0.2, 0.25) is 0 Å². The molecule has 0 spiro atoms. The van der Waals surface area contributed by atoms with Crippen LogP contribution in [-0.2, 0) is 20.9 Å². The lowest BCUT2D eigenvalue weighted by atomic mass is 9.95. The number of hydrogen-bond donors (Lipinski definition) is 1. The second kappa shape index (κ2) is 3.61. The number of carboxylic acids is 1. The summed E-state index contributed by atoms with van der Waals surface area (Å²) >= 11 is 0. The normalized spacial score (nSPS) is 40.9. The van der Waals surface area contributed by atoms with Gasteiger partial charge in [0.15, 0.2) is 6.23 Å². The van der Waals surface area contributed by atoms with Crippen LogP contribution in [0.15, 0.2) is 30.3 Å². The van der Waals surface area contributed by atoms with Crippen LogP contribution in [0.1, 0.15) is 12.5 Å². The molecule has 2 heterocycles. The number of aliphatic carboxylic acids is 1. The van der Waals surface area contributed by atoms with Crippen molar-refractivity contribution in [2.45, 2.75) is 25.8 Å². The van der Waals surface area contributed by atoms with E-state index in [1.54, 1.807) is 4.90 Å². The summed E-state index contributed by atoms with van der Waals surface area (Å²) in [5.41, 5.74) is 0.534. The maximum Gasteiger partial charge on any atom is 0.308 e. The number of epoxide rings is 1. The lowest BCUT2D eigenvalue weighted by Gasteiger charge is -2.25. The molecule has 3 aliphatic rings. The largest absolute Gasteiger partial charge is 0.481 e.